The summed E-state index contributed by atoms with van der Waals surface area (Å²) in [5.74, 6) is 0.145. The van der Waals surface area contributed by atoms with Gasteiger partial charge in [0.25, 0.3) is 6.43 Å². The van der Waals surface area contributed by atoms with Crippen LogP contribution in [0.15, 0.2) is 17.3 Å². The van der Waals surface area contributed by atoms with Crippen molar-refractivity contribution in [3.05, 3.63) is 12.3 Å². The lowest BCUT2D eigenvalue weighted by atomic mass is 10.1. The zero-order chi connectivity index (χ0) is 10.4. The van der Waals surface area contributed by atoms with Gasteiger partial charge in [0.2, 0.25) is 0 Å². The van der Waals surface area contributed by atoms with Crippen molar-refractivity contribution in [1.29, 1.82) is 0 Å². The molecule has 0 saturated heterocycles. The predicted octanol–water partition coefficient (Wildman–Crippen LogP) is 3.52. The largest absolute Gasteiger partial charge is 0.276 e. The van der Waals surface area contributed by atoms with Crippen LogP contribution in [0.5, 0.6) is 0 Å². The molecule has 0 rings (SSSR count). The number of nitrogens with zero attached hydrogens (tertiary/aromatic N) is 1. The molecule has 0 heterocycles. The van der Waals surface area contributed by atoms with Gasteiger partial charge in [-0.3, -0.25) is 4.99 Å². The quantitative estimate of drug-likeness (QED) is 0.600. The molecule has 1 nitrogen and oxygen atoms in total. The minimum atomic E-state index is -2.45. The Morgan fingerprint density at radius 2 is 1.69 bits per heavy atom. The van der Waals surface area contributed by atoms with E-state index in [1.165, 1.54) is 6.20 Å². The molecule has 0 atom stereocenters. The summed E-state index contributed by atoms with van der Waals surface area (Å²) in [6.07, 6.45) is 0.813. The van der Waals surface area contributed by atoms with Gasteiger partial charge in [-0.25, -0.2) is 8.78 Å². The monoisotopic (exact) mass is 189 g/mol. The van der Waals surface area contributed by atoms with E-state index >= 15 is 0 Å². The van der Waals surface area contributed by atoms with Gasteiger partial charge in [-0.1, -0.05) is 33.8 Å². The summed E-state index contributed by atoms with van der Waals surface area (Å²) in [6.45, 7) is 7.38. The highest BCUT2D eigenvalue weighted by Crippen LogP contribution is 2.08. The van der Waals surface area contributed by atoms with Crippen LogP contribution in [0.1, 0.15) is 27.7 Å². The second-order valence-corrected chi connectivity index (χ2v) is 3.59. The van der Waals surface area contributed by atoms with Crippen LogP contribution in [0.4, 0.5) is 8.78 Å². The molecular weight excluding hydrogens is 172 g/mol. The summed E-state index contributed by atoms with van der Waals surface area (Å²) in [5.41, 5.74) is -0.0445. The molecule has 0 saturated carbocycles. The van der Waals surface area contributed by atoms with Gasteiger partial charge in [-0.2, -0.15) is 0 Å². The Balaban J connectivity index is 4.37. The van der Waals surface area contributed by atoms with Gasteiger partial charge >= 0.3 is 0 Å². The Labute approximate surface area is 78.6 Å². The first-order valence-corrected chi connectivity index (χ1v) is 4.47. The summed E-state index contributed by atoms with van der Waals surface area (Å²) >= 11 is 0. The van der Waals surface area contributed by atoms with E-state index < -0.39 is 6.43 Å². The van der Waals surface area contributed by atoms with Crippen molar-refractivity contribution in [2.75, 3.05) is 0 Å². The van der Waals surface area contributed by atoms with Crippen molar-refractivity contribution < 1.29 is 8.78 Å². The van der Waals surface area contributed by atoms with E-state index in [9.17, 15) is 8.78 Å². The number of hydrogen-bond donors (Lipinski definition) is 0. The third-order valence-electron chi connectivity index (χ3n) is 1.51. The van der Waals surface area contributed by atoms with Gasteiger partial charge in [0.05, 0.1) is 5.71 Å². The maximum absolute atomic E-state index is 12.3. The van der Waals surface area contributed by atoms with Gasteiger partial charge in [-0.05, 0) is 11.8 Å². The molecule has 0 N–H and O–H groups in total. The molecular formula is C10H17F2N. The van der Waals surface area contributed by atoms with E-state index in [-0.39, 0.29) is 11.6 Å². The zero-order valence-corrected chi connectivity index (χ0v) is 8.59. The Kier molecular flexibility index (Phi) is 5.51. The van der Waals surface area contributed by atoms with Gasteiger partial charge < -0.3 is 0 Å². The molecule has 0 fully saturated rings. The number of rotatable bonds is 4. The molecule has 0 aromatic rings. The van der Waals surface area contributed by atoms with Crippen LogP contribution in [-0.2, 0) is 0 Å². The summed E-state index contributed by atoms with van der Waals surface area (Å²) in [5, 5.41) is 0. The van der Waals surface area contributed by atoms with Crippen LogP contribution in [0, 0.1) is 11.8 Å². The van der Waals surface area contributed by atoms with Crippen molar-refractivity contribution in [2.24, 2.45) is 16.8 Å². The molecule has 76 valence electrons. The SMILES string of the molecule is CC(C)/C=C\N=C(C(C)C)C(F)F. The fourth-order valence-electron chi connectivity index (χ4n) is 0.759. The van der Waals surface area contributed by atoms with Gasteiger partial charge in [-0.15, -0.1) is 0 Å². The fraction of sp³-hybridized carbons (Fsp3) is 0.700. The molecule has 0 aliphatic heterocycles. The number of hydrogen-bond acceptors (Lipinski definition) is 1. The summed E-state index contributed by atoms with van der Waals surface area (Å²) < 4.78 is 24.6. The average Bonchev–Trinajstić information content (AvgIpc) is 1.95. The Bertz CT molecular complexity index is 183. The van der Waals surface area contributed by atoms with E-state index in [2.05, 4.69) is 4.99 Å². The average molecular weight is 189 g/mol. The number of aliphatic imine (C=N–C) groups is 1. The van der Waals surface area contributed by atoms with Crippen LogP contribution < -0.4 is 0 Å². The standard InChI is InChI=1S/C10H17F2N/c1-7(2)5-6-13-9(8(3)4)10(11)12/h5-8,10H,1-4H3/b6-5-,13-9?. The highest BCUT2D eigenvalue weighted by Gasteiger charge is 2.15. The minimum absolute atomic E-state index is 0.0445. The van der Waals surface area contributed by atoms with Crippen LogP contribution in [0.2, 0.25) is 0 Å². The van der Waals surface area contributed by atoms with E-state index in [4.69, 9.17) is 0 Å². The van der Waals surface area contributed by atoms with Crippen molar-refractivity contribution >= 4 is 5.71 Å². The lowest BCUT2D eigenvalue weighted by molar-refractivity contribution is 0.219. The summed E-state index contributed by atoms with van der Waals surface area (Å²) in [6, 6.07) is 0. The lowest BCUT2D eigenvalue weighted by Gasteiger charge is -2.06. The Morgan fingerprint density at radius 1 is 1.15 bits per heavy atom. The fourth-order valence-corrected chi connectivity index (χ4v) is 0.759. The highest BCUT2D eigenvalue weighted by molar-refractivity contribution is 5.89. The lowest BCUT2D eigenvalue weighted by Crippen LogP contribution is -2.16. The van der Waals surface area contributed by atoms with Crippen molar-refractivity contribution in [3.63, 3.8) is 0 Å². The zero-order valence-electron chi connectivity index (χ0n) is 8.59. The van der Waals surface area contributed by atoms with E-state index in [1.807, 2.05) is 13.8 Å². The van der Waals surface area contributed by atoms with E-state index in [0.717, 1.165) is 0 Å². The minimum Gasteiger partial charge on any atom is -0.260 e. The molecule has 0 spiro atoms. The maximum atomic E-state index is 12.3. The summed E-state index contributed by atoms with van der Waals surface area (Å²) in [7, 11) is 0. The summed E-state index contributed by atoms with van der Waals surface area (Å²) in [4.78, 5) is 3.75. The third kappa shape index (κ3) is 5.50. The number of alkyl halides is 2. The second kappa shape index (κ2) is 5.84. The number of halogens is 2. The van der Waals surface area contributed by atoms with E-state index in [1.54, 1.807) is 19.9 Å². The van der Waals surface area contributed by atoms with E-state index in [0.29, 0.717) is 5.92 Å². The van der Waals surface area contributed by atoms with Crippen LogP contribution >= 0.6 is 0 Å². The first-order valence-electron chi connectivity index (χ1n) is 4.47. The van der Waals surface area contributed by atoms with Crippen LogP contribution in [0.3, 0.4) is 0 Å². The molecule has 0 radical (unpaired) electrons. The van der Waals surface area contributed by atoms with Crippen molar-refractivity contribution in [1.82, 2.24) is 0 Å². The topological polar surface area (TPSA) is 12.4 Å². The first-order chi connectivity index (χ1) is 5.95. The predicted molar refractivity (Wildman–Crippen MR) is 52.3 cm³/mol. The molecule has 13 heavy (non-hydrogen) atoms. The molecule has 0 aliphatic carbocycles. The molecule has 0 aromatic heterocycles. The Hall–Kier alpha value is -0.730. The smallest absolute Gasteiger partial charge is 0.260 e. The van der Waals surface area contributed by atoms with Gasteiger partial charge in [0.1, 0.15) is 0 Å². The Morgan fingerprint density at radius 3 is 2.00 bits per heavy atom. The molecule has 3 heteroatoms. The second-order valence-electron chi connectivity index (χ2n) is 3.59. The van der Waals surface area contributed by atoms with Crippen LogP contribution in [0.25, 0.3) is 0 Å². The van der Waals surface area contributed by atoms with Gasteiger partial charge in [0, 0.05) is 6.20 Å². The highest BCUT2D eigenvalue weighted by atomic mass is 19.3. The molecule has 0 aromatic carbocycles. The van der Waals surface area contributed by atoms with Crippen LogP contribution in [-0.4, -0.2) is 12.1 Å². The van der Waals surface area contributed by atoms with Crippen molar-refractivity contribution in [3.8, 4) is 0 Å². The molecule has 0 amide bonds. The normalized spacial score (nSPS) is 14.1. The molecule has 0 aliphatic rings. The maximum Gasteiger partial charge on any atom is 0.276 e. The molecule has 0 unspecified atom stereocenters. The third-order valence-corrected chi connectivity index (χ3v) is 1.51. The van der Waals surface area contributed by atoms with Crippen molar-refractivity contribution in [2.45, 2.75) is 34.1 Å². The number of allylic oxidation sites excluding steroid dienone is 1. The first kappa shape index (κ1) is 12.3. The molecule has 0 bridgehead atoms. The van der Waals surface area contributed by atoms with Gasteiger partial charge in [0.15, 0.2) is 0 Å².